The van der Waals surface area contributed by atoms with Crippen molar-refractivity contribution < 1.29 is 9.90 Å². The first-order chi connectivity index (χ1) is 7.11. The third-order valence-electron chi connectivity index (χ3n) is 2.67. The van der Waals surface area contributed by atoms with E-state index in [9.17, 15) is 9.59 Å². The number of aromatic nitrogens is 1. The van der Waals surface area contributed by atoms with Crippen LogP contribution in [0.2, 0.25) is 0 Å². The maximum Gasteiger partial charge on any atom is 0.337 e. The molecule has 15 heavy (non-hydrogen) atoms. The molecule has 1 aliphatic carbocycles. The summed E-state index contributed by atoms with van der Waals surface area (Å²) >= 11 is 3.04. The van der Waals surface area contributed by atoms with Gasteiger partial charge in [0.1, 0.15) is 0 Å². The standard InChI is InChI=1S/C10H10BrNO3/c11-8-7(10(14)15)5-3-1-2-4-6(5)12-9(8)13/h1-4H2,(H,12,13)(H,14,15). The van der Waals surface area contributed by atoms with Crippen LogP contribution in [0, 0.1) is 0 Å². The smallest absolute Gasteiger partial charge is 0.337 e. The Morgan fingerprint density at radius 1 is 1.33 bits per heavy atom. The van der Waals surface area contributed by atoms with Crippen molar-refractivity contribution in [3.8, 4) is 0 Å². The van der Waals surface area contributed by atoms with Gasteiger partial charge in [0.2, 0.25) is 0 Å². The molecule has 0 spiro atoms. The minimum absolute atomic E-state index is 0.133. The van der Waals surface area contributed by atoms with Gasteiger partial charge in [-0.05, 0) is 47.2 Å². The van der Waals surface area contributed by atoms with Crippen molar-refractivity contribution >= 4 is 21.9 Å². The monoisotopic (exact) mass is 271 g/mol. The van der Waals surface area contributed by atoms with Gasteiger partial charge < -0.3 is 10.1 Å². The van der Waals surface area contributed by atoms with Gasteiger partial charge in [0, 0.05) is 5.69 Å². The Hall–Kier alpha value is -1.10. The zero-order chi connectivity index (χ0) is 11.0. The number of aromatic carboxylic acids is 1. The van der Waals surface area contributed by atoms with Gasteiger partial charge in [-0.15, -0.1) is 0 Å². The number of fused-ring (bicyclic) bond motifs is 1. The lowest BCUT2D eigenvalue weighted by Gasteiger charge is -2.17. The van der Waals surface area contributed by atoms with E-state index in [1.54, 1.807) is 0 Å². The Bertz CT molecular complexity index is 478. The SMILES string of the molecule is O=C(O)c1c2c([nH]c(=O)c1Br)CCCC2. The van der Waals surface area contributed by atoms with Crippen molar-refractivity contribution in [1.82, 2.24) is 4.98 Å². The molecule has 0 radical (unpaired) electrons. The topological polar surface area (TPSA) is 70.2 Å². The van der Waals surface area contributed by atoms with Gasteiger partial charge in [-0.2, -0.15) is 0 Å². The lowest BCUT2D eigenvalue weighted by Crippen LogP contribution is -2.21. The lowest BCUT2D eigenvalue weighted by atomic mass is 9.92. The van der Waals surface area contributed by atoms with Gasteiger partial charge in [0.15, 0.2) is 0 Å². The van der Waals surface area contributed by atoms with Crippen LogP contribution in [-0.4, -0.2) is 16.1 Å². The fourth-order valence-electron chi connectivity index (χ4n) is 1.98. The van der Waals surface area contributed by atoms with E-state index in [2.05, 4.69) is 20.9 Å². The number of hydrogen-bond acceptors (Lipinski definition) is 2. The molecule has 2 N–H and O–H groups in total. The highest BCUT2D eigenvalue weighted by atomic mass is 79.9. The molecule has 0 amide bonds. The minimum atomic E-state index is -1.04. The maximum atomic E-state index is 11.5. The molecule has 80 valence electrons. The second-order valence-electron chi connectivity index (χ2n) is 3.61. The van der Waals surface area contributed by atoms with E-state index in [4.69, 9.17) is 5.11 Å². The van der Waals surface area contributed by atoms with Crippen molar-refractivity contribution in [2.75, 3.05) is 0 Å². The average Bonchev–Trinajstić information content (AvgIpc) is 2.19. The Labute approximate surface area is 94.5 Å². The van der Waals surface area contributed by atoms with Crippen molar-refractivity contribution in [2.24, 2.45) is 0 Å². The van der Waals surface area contributed by atoms with Crippen molar-refractivity contribution in [3.63, 3.8) is 0 Å². The zero-order valence-corrected chi connectivity index (χ0v) is 9.56. The summed E-state index contributed by atoms with van der Waals surface area (Å²) < 4.78 is 0.135. The first kappa shape index (κ1) is 10.4. The molecule has 1 heterocycles. The number of aryl methyl sites for hydroxylation is 1. The van der Waals surface area contributed by atoms with Crippen LogP contribution in [0.15, 0.2) is 9.27 Å². The number of rotatable bonds is 1. The third kappa shape index (κ3) is 1.71. The molecule has 0 saturated carbocycles. The first-order valence-electron chi connectivity index (χ1n) is 4.78. The van der Waals surface area contributed by atoms with E-state index < -0.39 is 5.97 Å². The molecular weight excluding hydrogens is 262 g/mol. The van der Waals surface area contributed by atoms with Crippen LogP contribution < -0.4 is 5.56 Å². The molecule has 4 nitrogen and oxygen atoms in total. The van der Waals surface area contributed by atoms with Crippen LogP contribution in [0.1, 0.15) is 34.5 Å². The molecule has 0 atom stereocenters. The van der Waals surface area contributed by atoms with Crippen LogP contribution in [-0.2, 0) is 12.8 Å². The number of pyridine rings is 1. The van der Waals surface area contributed by atoms with E-state index in [0.29, 0.717) is 0 Å². The molecule has 0 aliphatic heterocycles. The fourth-order valence-corrected chi connectivity index (χ4v) is 2.49. The summed E-state index contributed by atoms with van der Waals surface area (Å²) in [6.45, 7) is 0. The number of carbonyl (C=O) groups is 1. The molecule has 2 rings (SSSR count). The Morgan fingerprint density at radius 3 is 2.67 bits per heavy atom. The molecule has 0 fully saturated rings. The van der Waals surface area contributed by atoms with Gasteiger partial charge in [-0.25, -0.2) is 4.79 Å². The van der Waals surface area contributed by atoms with Crippen molar-refractivity contribution in [3.05, 3.63) is 31.6 Å². The predicted molar refractivity (Wildman–Crippen MR) is 58.4 cm³/mol. The van der Waals surface area contributed by atoms with Crippen LogP contribution >= 0.6 is 15.9 Å². The van der Waals surface area contributed by atoms with Crippen LogP contribution in [0.5, 0.6) is 0 Å². The predicted octanol–water partition coefficient (Wildman–Crippen LogP) is 1.71. The van der Waals surface area contributed by atoms with Crippen LogP contribution in [0.3, 0.4) is 0 Å². The van der Waals surface area contributed by atoms with Crippen LogP contribution in [0.25, 0.3) is 0 Å². The van der Waals surface area contributed by atoms with E-state index in [-0.39, 0.29) is 15.6 Å². The highest BCUT2D eigenvalue weighted by Gasteiger charge is 2.22. The molecule has 1 aliphatic rings. The summed E-state index contributed by atoms with van der Waals surface area (Å²) in [6.07, 6.45) is 3.47. The molecule has 0 unspecified atom stereocenters. The largest absolute Gasteiger partial charge is 0.478 e. The quantitative estimate of drug-likeness (QED) is 0.817. The highest BCUT2D eigenvalue weighted by molar-refractivity contribution is 9.10. The van der Waals surface area contributed by atoms with Crippen molar-refractivity contribution in [1.29, 1.82) is 0 Å². The van der Waals surface area contributed by atoms with Gasteiger partial charge in [-0.3, -0.25) is 4.79 Å². The van der Waals surface area contributed by atoms with Crippen LogP contribution in [0.4, 0.5) is 0 Å². The second-order valence-corrected chi connectivity index (χ2v) is 4.41. The number of H-pyrrole nitrogens is 1. The summed E-state index contributed by atoms with van der Waals surface area (Å²) in [5.74, 6) is -1.04. The molecule has 5 heteroatoms. The Kier molecular flexibility index (Phi) is 2.65. The van der Waals surface area contributed by atoms with Crippen molar-refractivity contribution in [2.45, 2.75) is 25.7 Å². The van der Waals surface area contributed by atoms with Gasteiger partial charge in [-0.1, -0.05) is 0 Å². The molecule has 0 bridgehead atoms. The third-order valence-corrected chi connectivity index (χ3v) is 3.42. The summed E-state index contributed by atoms with van der Waals surface area (Å²) in [4.78, 5) is 25.2. The summed E-state index contributed by atoms with van der Waals surface area (Å²) in [5.41, 5.74) is 1.34. The van der Waals surface area contributed by atoms with Gasteiger partial charge >= 0.3 is 5.97 Å². The molecule has 0 saturated heterocycles. The first-order valence-corrected chi connectivity index (χ1v) is 5.57. The normalized spacial score (nSPS) is 14.7. The zero-order valence-electron chi connectivity index (χ0n) is 7.97. The fraction of sp³-hybridized carbons (Fsp3) is 0.400. The van der Waals surface area contributed by atoms with E-state index >= 15 is 0 Å². The maximum absolute atomic E-state index is 11.5. The molecular formula is C10H10BrNO3. The number of nitrogens with one attached hydrogen (secondary N) is 1. The lowest BCUT2D eigenvalue weighted by molar-refractivity contribution is 0.0694. The summed E-state index contributed by atoms with van der Waals surface area (Å²) in [5, 5.41) is 9.06. The second kappa shape index (κ2) is 3.81. The molecule has 0 aromatic carbocycles. The Balaban J connectivity index is 2.74. The Morgan fingerprint density at radius 2 is 2.00 bits per heavy atom. The van der Waals surface area contributed by atoms with E-state index in [1.807, 2.05) is 0 Å². The number of aromatic amines is 1. The molecule has 1 aromatic rings. The number of halogens is 1. The van der Waals surface area contributed by atoms with E-state index in [1.165, 1.54) is 0 Å². The number of carboxylic acid groups (broad SMARTS) is 1. The van der Waals surface area contributed by atoms with E-state index in [0.717, 1.165) is 36.9 Å². The van der Waals surface area contributed by atoms with Gasteiger partial charge in [0.25, 0.3) is 5.56 Å². The average molecular weight is 272 g/mol. The summed E-state index contributed by atoms with van der Waals surface area (Å²) in [7, 11) is 0. The molecule has 1 aromatic heterocycles. The number of hydrogen-bond donors (Lipinski definition) is 2. The minimum Gasteiger partial charge on any atom is -0.478 e. The van der Waals surface area contributed by atoms with Gasteiger partial charge in [0.05, 0.1) is 10.0 Å². The number of carboxylic acids is 1. The highest BCUT2D eigenvalue weighted by Crippen LogP contribution is 2.25. The summed E-state index contributed by atoms with van der Waals surface area (Å²) in [6, 6.07) is 0.